The standard InChI is InChI=1S/C26H30N4O4S/c31-25(28-20-11-6-12-21(17-20)35(33,34)29-24-14-7-15-27-24)23-16-19-10-4-5-13-22(19)30(23)26(32)18-8-2-1-3-9-18/h1-3,6,8-9,11-12,17,19,22-23H,4-5,7,10,13-16H2,(H,27,29)(H,28,31). The lowest BCUT2D eigenvalue weighted by atomic mass is 9.84. The molecule has 2 heterocycles. The molecule has 2 amide bonds. The molecule has 2 aromatic carbocycles. The van der Waals surface area contributed by atoms with Crippen molar-refractivity contribution in [3.8, 4) is 0 Å². The summed E-state index contributed by atoms with van der Waals surface area (Å²) >= 11 is 0. The number of carbonyl (C=O) groups excluding carboxylic acids is 2. The zero-order chi connectivity index (χ0) is 24.4. The van der Waals surface area contributed by atoms with Gasteiger partial charge < -0.3 is 10.2 Å². The van der Waals surface area contributed by atoms with Crippen LogP contribution in [0.1, 0.15) is 55.3 Å². The summed E-state index contributed by atoms with van der Waals surface area (Å²) in [6, 6.07) is 14.7. The highest BCUT2D eigenvalue weighted by atomic mass is 32.2. The molecule has 0 bridgehead atoms. The predicted octanol–water partition coefficient (Wildman–Crippen LogP) is 3.57. The van der Waals surface area contributed by atoms with Crippen molar-refractivity contribution in [2.75, 3.05) is 11.9 Å². The van der Waals surface area contributed by atoms with Gasteiger partial charge >= 0.3 is 0 Å². The van der Waals surface area contributed by atoms with Crippen LogP contribution in [0.5, 0.6) is 0 Å². The molecular weight excluding hydrogens is 464 g/mol. The monoisotopic (exact) mass is 494 g/mol. The predicted molar refractivity (Wildman–Crippen MR) is 134 cm³/mol. The molecule has 1 aliphatic carbocycles. The van der Waals surface area contributed by atoms with Crippen molar-refractivity contribution in [3.05, 3.63) is 60.2 Å². The Morgan fingerprint density at radius 1 is 0.971 bits per heavy atom. The Bertz CT molecular complexity index is 1250. The van der Waals surface area contributed by atoms with E-state index in [-0.39, 0.29) is 22.8 Å². The first-order valence-electron chi connectivity index (χ1n) is 12.3. The van der Waals surface area contributed by atoms with E-state index in [1.165, 1.54) is 12.1 Å². The third-order valence-corrected chi connectivity index (χ3v) is 8.56. The van der Waals surface area contributed by atoms with E-state index in [4.69, 9.17) is 0 Å². The SMILES string of the molecule is O=C(Nc1cccc(S(=O)(=O)NC2=NCCC2)c1)C1CC2CCCCC2N1C(=O)c1ccccc1. The Balaban J connectivity index is 1.36. The highest BCUT2D eigenvalue weighted by Gasteiger charge is 2.47. The average molecular weight is 495 g/mol. The largest absolute Gasteiger partial charge is 0.324 e. The van der Waals surface area contributed by atoms with Gasteiger partial charge in [0.15, 0.2) is 0 Å². The maximum Gasteiger partial charge on any atom is 0.262 e. The number of rotatable bonds is 5. The van der Waals surface area contributed by atoms with Crippen molar-refractivity contribution in [1.29, 1.82) is 0 Å². The van der Waals surface area contributed by atoms with Crippen LogP contribution in [0.3, 0.4) is 0 Å². The third kappa shape index (κ3) is 4.96. The summed E-state index contributed by atoms with van der Waals surface area (Å²) in [6.07, 6.45) is 6.12. The quantitative estimate of drug-likeness (QED) is 0.662. The zero-order valence-corrected chi connectivity index (χ0v) is 20.3. The fourth-order valence-corrected chi connectivity index (χ4v) is 6.65. The van der Waals surface area contributed by atoms with E-state index in [2.05, 4.69) is 15.0 Å². The van der Waals surface area contributed by atoms with E-state index in [0.717, 1.165) is 32.1 Å². The summed E-state index contributed by atoms with van der Waals surface area (Å²) in [5.74, 6) is 0.350. The van der Waals surface area contributed by atoms with E-state index in [0.29, 0.717) is 42.4 Å². The van der Waals surface area contributed by atoms with Crippen LogP contribution in [0.2, 0.25) is 0 Å². The number of aliphatic imine (C=N–C) groups is 1. The minimum absolute atomic E-state index is 0.0512. The number of fused-ring (bicyclic) bond motifs is 1. The average Bonchev–Trinajstić information content (AvgIpc) is 3.52. The molecular formula is C26H30N4O4S. The summed E-state index contributed by atoms with van der Waals surface area (Å²) in [5.41, 5.74) is 0.957. The van der Waals surface area contributed by atoms with Crippen LogP contribution in [-0.4, -0.2) is 49.6 Å². The highest BCUT2D eigenvalue weighted by molar-refractivity contribution is 7.90. The first-order valence-corrected chi connectivity index (χ1v) is 13.8. The lowest BCUT2D eigenvalue weighted by Gasteiger charge is -2.33. The number of nitrogens with zero attached hydrogens (tertiary/aromatic N) is 2. The van der Waals surface area contributed by atoms with E-state index >= 15 is 0 Å². The fourth-order valence-electron chi connectivity index (χ4n) is 5.52. The highest BCUT2D eigenvalue weighted by Crippen LogP contribution is 2.41. The van der Waals surface area contributed by atoms with Crippen LogP contribution in [0.25, 0.3) is 0 Å². The van der Waals surface area contributed by atoms with Gasteiger partial charge in [0.25, 0.3) is 15.9 Å². The van der Waals surface area contributed by atoms with E-state index < -0.39 is 16.1 Å². The Kier molecular flexibility index (Phi) is 6.60. The lowest BCUT2D eigenvalue weighted by molar-refractivity contribution is -0.120. The van der Waals surface area contributed by atoms with Crippen LogP contribution in [0.15, 0.2) is 64.5 Å². The normalized spacial score (nSPS) is 23.9. The lowest BCUT2D eigenvalue weighted by Crippen LogP contribution is -2.47. The third-order valence-electron chi connectivity index (χ3n) is 7.18. The van der Waals surface area contributed by atoms with Gasteiger partial charge in [-0.1, -0.05) is 37.1 Å². The minimum Gasteiger partial charge on any atom is -0.324 e. The molecule has 2 aromatic rings. The van der Waals surface area contributed by atoms with E-state index in [1.54, 1.807) is 29.2 Å². The molecule has 0 radical (unpaired) electrons. The van der Waals surface area contributed by atoms with Gasteiger partial charge in [-0.05, 0) is 61.9 Å². The number of amidine groups is 1. The number of anilines is 1. The Hall–Kier alpha value is -3.20. The second kappa shape index (κ2) is 9.81. The molecule has 1 saturated heterocycles. The number of sulfonamides is 1. The molecule has 0 aromatic heterocycles. The number of likely N-dealkylation sites (tertiary alicyclic amines) is 1. The second-order valence-corrected chi connectivity index (χ2v) is 11.2. The van der Waals surface area contributed by atoms with Gasteiger partial charge in [0.2, 0.25) is 5.91 Å². The van der Waals surface area contributed by atoms with Crippen molar-refractivity contribution >= 4 is 33.4 Å². The molecule has 2 N–H and O–H groups in total. The summed E-state index contributed by atoms with van der Waals surface area (Å²) < 4.78 is 28.1. The fraction of sp³-hybridized carbons (Fsp3) is 0.423. The van der Waals surface area contributed by atoms with Crippen molar-refractivity contribution in [2.45, 2.75) is 61.9 Å². The molecule has 5 rings (SSSR count). The Morgan fingerprint density at radius 2 is 1.77 bits per heavy atom. The molecule has 3 aliphatic rings. The first kappa shape index (κ1) is 23.5. The van der Waals surface area contributed by atoms with Crippen molar-refractivity contribution in [3.63, 3.8) is 0 Å². The van der Waals surface area contributed by atoms with Gasteiger partial charge in [-0.15, -0.1) is 0 Å². The minimum atomic E-state index is -3.80. The number of hydrogen-bond donors (Lipinski definition) is 2. The van der Waals surface area contributed by atoms with Gasteiger partial charge in [-0.2, -0.15) is 0 Å². The number of amides is 2. The molecule has 0 spiro atoms. The van der Waals surface area contributed by atoms with Crippen LogP contribution >= 0.6 is 0 Å². The molecule has 184 valence electrons. The number of nitrogens with one attached hydrogen (secondary N) is 2. The van der Waals surface area contributed by atoms with Crippen molar-refractivity contribution in [2.24, 2.45) is 10.9 Å². The summed E-state index contributed by atoms with van der Waals surface area (Å²) in [7, 11) is -3.80. The number of hydrogen-bond acceptors (Lipinski definition) is 5. The zero-order valence-electron chi connectivity index (χ0n) is 19.5. The van der Waals surface area contributed by atoms with Gasteiger partial charge in [0.05, 0.1) is 4.90 Å². The second-order valence-electron chi connectivity index (χ2n) is 9.50. The maximum atomic E-state index is 13.5. The summed E-state index contributed by atoms with van der Waals surface area (Å²) in [6.45, 7) is 0.621. The summed E-state index contributed by atoms with van der Waals surface area (Å²) in [5, 5.41) is 2.88. The molecule has 2 aliphatic heterocycles. The van der Waals surface area contributed by atoms with Crippen molar-refractivity contribution in [1.82, 2.24) is 9.62 Å². The smallest absolute Gasteiger partial charge is 0.262 e. The van der Waals surface area contributed by atoms with Crippen LogP contribution < -0.4 is 10.0 Å². The molecule has 2 fully saturated rings. The number of carbonyl (C=O) groups is 2. The molecule has 35 heavy (non-hydrogen) atoms. The molecule has 8 nitrogen and oxygen atoms in total. The summed E-state index contributed by atoms with van der Waals surface area (Å²) in [4.78, 5) is 32.9. The van der Waals surface area contributed by atoms with Crippen LogP contribution in [0, 0.1) is 5.92 Å². The van der Waals surface area contributed by atoms with Gasteiger partial charge in [0, 0.05) is 30.3 Å². The molecule has 9 heteroatoms. The van der Waals surface area contributed by atoms with Crippen LogP contribution in [0.4, 0.5) is 5.69 Å². The first-order chi connectivity index (χ1) is 16.9. The maximum absolute atomic E-state index is 13.5. The van der Waals surface area contributed by atoms with Gasteiger partial charge in [-0.25, -0.2) is 8.42 Å². The van der Waals surface area contributed by atoms with E-state index in [1.807, 2.05) is 18.2 Å². The van der Waals surface area contributed by atoms with Crippen LogP contribution in [-0.2, 0) is 14.8 Å². The number of benzene rings is 2. The van der Waals surface area contributed by atoms with Gasteiger partial charge in [-0.3, -0.25) is 19.3 Å². The topological polar surface area (TPSA) is 108 Å². The van der Waals surface area contributed by atoms with E-state index in [9.17, 15) is 18.0 Å². The van der Waals surface area contributed by atoms with Gasteiger partial charge in [0.1, 0.15) is 11.9 Å². The Morgan fingerprint density at radius 3 is 2.54 bits per heavy atom. The Labute approximate surface area is 205 Å². The molecule has 1 saturated carbocycles. The molecule has 3 unspecified atom stereocenters. The molecule has 3 atom stereocenters. The van der Waals surface area contributed by atoms with Crippen molar-refractivity contribution < 1.29 is 18.0 Å².